The molecule has 1 aromatic rings. The lowest BCUT2D eigenvalue weighted by Crippen LogP contribution is -2.33. The topological polar surface area (TPSA) is 38.3 Å². The summed E-state index contributed by atoms with van der Waals surface area (Å²) < 4.78 is 18.3. The fraction of sp³-hybridized carbons (Fsp3) is 0.417. The predicted octanol–water partition coefficient (Wildman–Crippen LogP) is 2.33. The fourth-order valence-electron chi connectivity index (χ4n) is 1.59. The highest BCUT2D eigenvalue weighted by molar-refractivity contribution is 5.88. The van der Waals surface area contributed by atoms with Crippen molar-refractivity contribution < 1.29 is 13.9 Å². The third kappa shape index (κ3) is 2.01. The molecular weight excluding hydrogens is 209 g/mol. The molecule has 1 aliphatic carbocycles. The monoisotopic (exact) mass is 223 g/mol. The molecular formula is C12H14FNO2. The molecule has 2 rings (SSSR count). The summed E-state index contributed by atoms with van der Waals surface area (Å²) in [5.41, 5.74) is -0.342. The van der Waals surface area contributed by atoms with E-state index in [1.165, 1.54) is 6.07 Å². The minimum Gasteiger partial charge on any atom is -0.464 e. The van der Waals surface area contributed by atoms with Crippen LogP contribution in [0.4, 0.5) is 10.1 Å². The van der Waals surface area contributed by atoms with Gasteiger partial charge in [0.1, 0.15) is 11.4 Å². The highest BCUT2D eigenvalue weighted by atomic mass is 19.1. The Kier molecular flexibility index (Phi) is 2.81. The number of benzene rings is 1. The van der Waals surface area contributed by atoms with Crippen molar-refractivity contribution in [3.05, 3.63) is 30.1 Å². The van der Waals surface area contributed by atoms with Crippen LogP contribution in [0, 0.1) is 5.82 Å². The maximum Gasteiger partial charge on any atom is 0.331 e. The van der Waals surface area contributed by atoms with Gasteiger partial charge in [0.15, 0.2) is 0 Å². The molecule has 0 radical (unpaired) electrons. The molecule has 16 heavy (non-hydrogen) atoms. The summed E-state index contributed by atoms with van der Waals surface area (Å²) in [6.45, 7) is 2.11. The van der Waals surface area contributed by atoms with Crippen molar-refractivity contribution in [3.8, 4) is 0 Å². The minimum atomic E-state index is -0.696. The molecule has 0 heterocycles. The van der Waals surface area contributed by atoms with Gasteiger partial charge in [-0.15, -0.1) is 0 Å². The molecule has 0 amide bonds. The zero-order valence-corrected chi connectivity index (χ0v) is 9.13. The van der Waals surface area contributed by atoms with Gasteiger partial charge in [-0.05, 0) is 31.9 Å². The van der Waals surface area contributed by atoms with E-state index in [4.69, 9.17) is 4.74 Å². The molecule has 0 unspecified atom stereocenters. The first-order chi connectivity index (χ1) is 7.68. The quantitative estimate of drug-likeness (QED) is 0.796. The van der Waals surface area contributed by atoms with Gasteiger partial charge in [-0.25, -0.2) is 9.18 Å². The van der Waals surface area contributed by atoms with Crippen molar-refractivity contribution in [1.29, 1.82) is 0 Å². The van der Waals surface area contributed by atoms with Crippen LogP contribution in [0.15, 0.2) is 24.3 Å². The van der Waals surface area contributed by atoms with E-state index in [-0.39, 0.29) is 11.8 Å². The highest BCUT2D eigenvalue weighted by Crippen LogP contribution is 2.40. The minimum absolute atomic E-state index is 0.293. The third-order valence-electron chi connectivity index (χ3n) is 2.66. The number of halogens is 1. The summed E-state index contributed by atoms with van der Waals surface area (Å²) in [6, 6.07) is 6.33. The first kappa shape index (κ1) is 10.9. The number of esters is 1. The fourth-order valence-corrected chi connectivity index (χ4v) is 1.59. The van der Waals surface area contributed by atoms with Gasteiger partial charge in [-0.2, -0.15) is 0 Å². The van der Waals surface area contributed by atoms with Crippen LogP contribution in [0.1, 0.15) is 19.8 Å². The van der Waals surface area contributed by atoms with Crippen molar-refractivity contribution in [2.45, 2.75) is 25.3 Å². The molecule has 86 valence electrons. The van der Waals surface area contributed by atoms with Gasteiger partial charge in [-0.3, -0.25) is 0 Å². The van der Waals surface area contributed by atoms with E-state index in [1.807, 2.05) is 0 Å². The van der Waals surface area contributed by atoms with Crippen LogP contribution in [0.3, 0.4) is 0 Å². The number of anilines is 1. The van der Waals surface area contributed by atoms with Gasteiger partial charge in [0, 0.05) is 0 Å². The smallest absolute Gasteiger partial charge is 0.331 e. The Morgan fingerprint density at radius 2 is 2.19 bits per heavy atom. The lowest BCUT2D eigenvalue weighted by atomic mass is 10.2. The Bertz CT molecular complexity index is 402. The van der Waals surface area contributed by atoms with Crippen molar-refractivity contribution in [2.24, 2.45) is 0 Å². The van der Waals surface area contributed by atoms with Crippen molar-refractivity contribution >= 4 is 11.7 Å². The van der Waals surface area contributed by atoms with Crippen LogP contribution in [-0.2, 0) is 9.53 Å². The van der Waals surface area contributed by atoms with Crippen LogP contribution in [0.5, 0.6) is 0 Å². The number of nitrogens with one attached hydrogen (secondary N) is 1. The second kappa shape index (κ2) is 4.12. The normalized spacial score (nSPS) is 16.6. The Hall–Kier alpha value is -1.58. The Morgan fingerprint density at radius 3 is 2.75 bits per heavy atom. The lowest BCUT2D eigenvalue weighted by molar-refractivity contribution is -0.145. The summed E-state index contributed by atoms with van der Waals surface area (Å²) in [5.74, 6) is -0.642. The van der Waals surface area contributed by atoms with Gasteiger partial charge >= 0.3 is 5.97 Å². The second-order valence-electron chi connectivity index (χ2n) is 3.91. The Labute approximate surface area is 93.6 Å². The largest absolute Gasteiger partial charge is 0.464 e. The molecule has 0 aliphatic heterocycles. The van der Waals surface area contributed by atoms with Crippen molar-refractivity contribution in [3.63, 3.8) is 0 Å². The van der Waals surface area contributed by atoms with E-state index >= 15 is 0 Å². The van der Waals surface area contributed by atoms with E-state index in [2.05, 4.69) is 5.32 Å². The summed E-state index contributed by atoms with van der Waals surface area (Å²) in [5, 5.41) is 2.93. The van der Waals surface area contributed by atoms with Gasteiger partial charge in [0.25, 0.3) is 0 Å². The molecule has 0 atom stereocenters. The van der Waals surface area contributed by atoms with Crippen LogP contribution in [-0.4, -0.2) is 18.1 Å². The number of hydrogen-bond acceptors (Lipinski definition) is 3. The second-order valence-corrected chi connectivity index (χ2v) is 3.91. The number of hydrogen-bond donors (Lipinski definition) is 1. The summed E-state index contributed by atoms with van der Waals surface area (Å²) in [7, 11) is 0. The van der Waals surface area contributed by atoms with Gasteiger partial charge in [0.05, 0.1) is 12.3 Å². The van der Waals surface area contributed by atoms with Gasteiger partial charge < -0.3 is 10.1 Å². The van der Waals surface area contributed by atoms with Crippen LogP contribution in [0.25, 0.3) is 0 Å². The molecule has 4 heteroatoms. The van der Waals surface area contributed by atoms with Crippen LogP contribution >= 0.6 is 0 Å². The maximum atomic E-state index is 13.4. The SMILES string of the molecule is CCOC(=O)C1(Nc2ccccc2F)CC1. The number of ether oxygens (including phenoxy) is 1. The first-order valence-electron chi connectivity index (χ1n) is 5.38. The van der Waals surface area contributed by atoms with E-state index in [1.54, 1.807) is 25.1 Å². The van der Waals surface area contributed by atoms with E-state index in [0.717, 1.165) is 0 Å². The van der Waals surface area contributed by atoms with Crippen LogP contribution in [0.2, 0.25) is 0 Å². The highest BCUT2D eigenvalue weighted by Gasteiger charge is 2.51. The average Bonchev–Trinajstić information content (AvgIpc) is 3.03. The molecule has 0 spiro atoms. The van der Waals surface area contributed by atoms with E-state index in [0.29, 0.717) is 25.1 Å². The van der Waals surface area contributed by atoms with Gasteiger partial charge in [-0.1, -0.05) is 12.1 Å². The number of rotatable bonds is 4. The van der Waals surface area contributed by atoms with Crippen molar-refractivity contribution in [1.82, 2.24) is 0 Å². The number of carbonyl (C=O) groups excluding carboxylic acids is 1. The maximum absolute atomic E-state index is 13.4. The zero-order valence-electron chi connectivity index (χ0n) is 9.13. The Balaban J connectivity index is 2.10. The standard InChI is InChI=1S/C12H14FNO2/c1-2-16-11(15)12(7-8-12)14-10-6-4-3-5-9(10)13/h3-6,14H,2,7-8H2,1H3. The third-order valence-corrected chi connectivity index (χ3v) is 2.66. The molecule has 3 nitrogen and oxygen atoms in total. The van der Waals surface area contributed by atoms with E-state index < -0.39 is 5.54 Å². The molecule has 0 bridgehead atoms. The number of carbonyl (C=O) groups is 1. The predicted molar refractivity (Wildman–Crippen MR) is 58.6 cm³/mol. The molecule has 1 N–H and O–H groups in total. The molecule has 1 aliphatic rings. The molecule has 1 aromatic carbocycles. The molecule has 0 saturated heterocycles. The summed E-state index contributed by atoms with van der Waals surface area (Å²) in [4.78, 5) is 11.6. The summed E-state index contributed by atoms with van der Waals surface area (Å²) >= 11 is 0. The van der Waals surface area contributed by atoms with E-state index in [9.17, 15) is 9.18 Å². The molecule has 1 saturated carbocycles. The first-order valence-corrected chi connectivity index (χ1v) is 5.38. The van der Waals surface area contributed by atoms with Gasteiger partial charge in [0.2, 0.25) is 0 Å². The number of para-hydroxylation sites is 1. The lowest BCUT2D eigenvalue weighted by Gasteiger charge is -2.17. The Morgan fingerprint density at radius 1 is 1.50 bits per heavy atom. The molecule has 1 fully saturated rings. The zero-order chi connectivity index (χ0) is 11.6. The van der Waals surface area contributed by atoms with Crippen molar-refractivity contribution in [2.75, 3.05) is 11.9 Å². The summed E-state index contributed by atoms with van der Waals surface area (Å²) in [6.07, 6.45) is 1.39. The molecule has 0 aromatic heterocycles. The average molecular weight is 223 g/mol. The van der Waals surface area contributed by atoms with Crippen LogP contribution < -0.4 is 5.32 Å².